The molecule has 1 aliphatic heterocycles. The van der Waals surface area contributed by atoms with Crippen LogP contribution in [-0.4, -0.2) is 72.2 Å². The number of benzene rings is 1. The third-order valence-electron chi connectivity index (χ3n) is 7.87. The van der Waals surface area contributed by atoms with Crippen molar-refractivity contribution >= 4 is 35.5 Å². The highest BCUT2D eigenvalue weighted by Gasteiger charge is 2.36. The first-order valence-corrected chi connectivity index (χ1v) is 15.8. The minimum absolute atomic E-state index is 0.0396. The van der Waals surface area contributed by atoms with Gasteiger partial charge in [0.2, 0.25) is 29.5 Å². The summed E-state index contributed by atoms with van der Waals surface area (Å²) in [6.45, 7) is 11.4. The molecular weight excluding hydrogens is 576 g/mol. The van der Waals surface area contributed by atoms with Crippen LogP contribution in [0.1, 0.15) is 72.8 Å². The lowest BCUT2D eigenvalue weighted by molar-refractivity contribution is -0.135. The Balaban J connectivity index is 2.59. The van der Waals surface area contributed by atoms with Crippen molar-refractivity contribution in [3.63, 3.8) is 0 Å². The number of guanidine groups is 1. The molecule has 1 saturated heterocycles. The van der Waals surface area contributed by atoms with Crippen molar-refractivity contribution in [1.82, 2.24) is 26.6 Å². The number of nitrogens with zero attached hydrogens (tertiary/aromatic N) is 1. The number of nitrogens with one attached hydrogen (secondary N) is 5. The van der Waals surface area contributed by atoms with E-state index in [2.05, 4.69) is 31.6 Å². The average Bonchev–Trinajstić information content (AvgIpc) is 2.98. The fraction of sp³-hybridized carbons (Fsp3) is 0.625. The number of hydrogen-bond acceptors (Lipinski definition) is 6. The van der Waals surface area contributed by atoms with Crippen molar-refractivity contribution in [3.05, 3.63) is 35.9 Å². The van der Waals surface area contributed by atoms with E-state index in [-0.39, 0.29) is 43.1 Å². The van der Waals surface area contributed by atoms with Crippen molar-refractivity contribution in [2.45, 2.75) is 104 Å². The Kier molecular flexibility index (Phi) is 14.8. The van der Waals surface area contributed by atoms with Crippen LogP contribution in [0.5, 0.6) is 0 Å². The van der Waals surface area contributed by atoms with Gasteiger partial charge < -0.3 is 38.1 Å². The van der Waals surface area contributed by atoms with Crippen LogP contribution in [0.3, 0.4) is 0 Å². The van der Waals surface area contributed by atoms with Crippen LogP contribution >= 0.6 is 0 Å². The third-order valence-corrected chi connectivity index (χ3v) is 7.87. The van der Waals surface area contributed by atoms with Crippen LogP contribution in [0.15, 0.2) is 35.3 Å². The molecule has 6 atom stereocenters. The summed E-state index contributed by atoms with van der Waals surface area (Å²) in [7, 11) is 0. The summed E-state index contributed by atoms with van der Waals surface area (Å²) < 4.78 is 0. The molecule has 1 aliphatic rings. The Labute approximate surface area is 266 Å². The number of aliphatic imine (C=N–C) groups is 1. The van der Waals surface area contributed by atoms with Gasteiger partial charge in [0, 0.05) is 13.0 Å². The number of amides is 5. The van der Waals surface area contributed by atoms with Crippen molar-refractivity contribution in [3.8, 4) is 0 Å². The molecule has 2 rings (SSSR count). The zero-order valence-corrected chi connectivity index (χ0v) is 27.4. The van der Waals surface area contributed by atoms with Gasteiger partial charge in [-0.1, -0.05) is 78.3 Å². The molecule has 0 aliphatic carbocycles. The van der Waals surface area contributed by atoms with Crippen molar-refractivity contribution in [1.29, 1.82) is 0 Å². The number of hydrogen-bond donors (Lipinski definition) is 7. The highest BCUT2D eigenvalue weighted by molar-refractivity contribution is 5.98. The lowest BCUT2D eigenvalue weighted by Crippen LogP contribution is -2.59. The molecule has 13 heteroatoms. The number of nitrogens with two attached hydrogens (primary N) is 2. The molecule has 1 fully saturated rings. The van der Waals surface area contributed by atoms with E-state index < -0.39 is 59.7 Å². The zero-order valence-electron chi connectivity index (χ0n) is 27.4. The lowest BCUT2D eigenvalue weighted by atomic mass is 9.95. The molecule has 1 heterocycles. The van der Waals surface area contributed by atoms with Gasteiger partial charge in [0.25, 0.3) is 0 Å². The zero-order chi connectivity index (χ0) is 33.7. The molecule has 45 heavy (non-hydrogen) atoms. The summed E-state index contributed by atoms with van der Waals surface area (Å²) in [5.74, 6) is -3.42. The molecule has 13 nitrogen and oxygen atoms in total. The smallest absolute Gasteiger partial charge is 0.243 e. The minimum Gasteiger partial charge on any atom is -0.370 e. The summed E-state index contributed by atoms with van der Waals surface area (Å²) >= 11 is 0. The van der Waals surface area contributed by atoms with Gasteiger partial charge in [-0.15, -0.1) is 0 Å². The molecule has 1 aromatic rings. The van der Waals surface area contributed by atoms with E-state index >= 15 is 0 Å². The number of carbonyl (C=O) groups excluding carboxylic acids is 5. The first-order chi connectivity index (χ1) is 21.2. The van der Waals surface area contributed by atoms with Gasteiger partial charge in [0.1, 0.15) is 30.2 Å². The summed E-state index contributed by atoms with van der Waals surface area (Å²) in [5, 5.41) is 14.1. The van der Waals surface area contributed by atoms with E-state index in [9.17, 15) is 24.0 Å². The standard InChI is InChI=1S/C32H52N8O5/c1-7-20(6)26-31(45)38-24(17-21-12-9-8-10-13-21)28(42)36-22(14-11-15-35-32(33)34)27(41)39-25(19(4)5)30(44)37-23(16-18(2)3)29(43)40-26/h8-10,12-13,18-20,22-26H,7,11,14-17H2,1-6H3,(H,36,42)(H,37,44)(H,38,45)(H,39,41)(H,40,43)(H4,33,34,35)/t20-,22-,23-,24-,25+,26+/m0/s1. The van der Waals surface area contributed by atoms with E-state index in [0.717, 1.165) is 5.56 Å². The highest BCUT2D eigenvalue weighted by atomic mass is 16.2. The van der Waals surface area contributed by atoms with E-state index in [1.807, 2.05) is 58.0 Å². The van der Waals surface area contributed by atoms with Crippen LogP contribution in [0.25, 0.3) is 0 Å². The van der Waals surface area contributed by atoms with Crippen molar-refractivity contribution in [2.24, 2.45) is 34.2 Å². The monoisotopic (exact) mass is 628 g/mol. The maximum Gasteiger partial charge on any atom is 0.243 e. The van der Waals surface area contributed by atoms with Gasteiger partial charge in [-0.3, -0.25) is 29.0 Å². The predicted molar refractivity (Wildman–Crippen MR) is 173 cm³/mol. The first-order valence-electron chi connectivity index (χ1n) is 15.8. The maximum atomic E-state index is 13.8. The molecule has 9 N–H and O–H groups in total. The number of carbonyl (C=O) groups is 5. The van der Waals surface area contributed by atoms with Gasteiger partial charge in [0.15, 0.2) is 5.96 Å². The molecule has 0 aromatic heterocycles. The van der Waals surface area contributed by atoms with E-state index in [4.69, 9.17) is 11.5 Å². The molecule has 0 radical (unpaired) electrons. The summed E-state index contributed by atoms with van der Waals surface area (Å²) in [5.41, 5.74) is 11.7. The Bertz CT molecular complexity index is 1190. The van der Waals surface area contributed by atoms with Crippen LogP contribution in [0.4, 0.5) is 0 Å². The second-order valence-corrected chi connectivity index (χ2v) is 12.6. The van der Waals surface area contributed by atoms with Crippen LogP contribution in [0, 0.1) is 17.8 Å². The predicted octanol–water partition coefficient (Wildman–Crippen LogP) is 0.469. The fourth-order valence-electron chi connectivity index (χ4n) is 5.07. The molecule has 250 valence electrons. The first kappa shape index (κ1) is 37.0. The molecule has 0 bridgehead atoms. The second kappa shape index (κ2) is 18.0. The van der Waals surface area contributed by atoms with Crippen LogP contribution in [-0.2, 0) is 30.4 Å². The Hall–Kier alpha value is -4.16. The Morgan fingerprint density at radius 1 is 0.733 bits per heavy atom. The molecule has 0 spiro atoms. The number of rotatable bonds is 11. The third kappa shape index (κ3) is 12.0. The average molecular weight is 629 g/mol. The topological polar surface area (TPSA) is 210 Å². The Morgan fingerprint density at radius 3 is 1.84 bits per heavy atom. The van der Waals surface area contributed by atoms with Gasteiger partial charge in [-0.05, 0) is 42.6 Å². The normalized spacial score (nSPS) is 24.4. The van der Waals surface area contributed by atoms with Gasteiger partial charge >= 0.3 is 0 Å². The molecule has 5 amide bonds. The maximum absolute atomic E-state index is 13.8. The summed E-state index contributed by atoms with van der Waals surface area (Å²) in [6.07, 6.45) is 1.55. The van der Waals surface area contributed by atoms with Gasteiger partial charge in [-0.2, -0.15) is 0 Å². The van der Waals surface area contributed by atoms with E-state index in [1.54, 1.807) is 13.8 Å². The molecule has 0 unspecified atom stereocenters. The molecule has 0 saturated carbocycles. The van der Waals surface area contributed by atoms with Crippen molar-refractivity contribution in [2.75, 3.05) is 6.54 Å². The van der Waals surface area contributed by atoms with Gasteiger partial charge in [-0.25, -0.2) is 0 Å². The van der Waals surface area contributed by atoms with Crippen LogP contribution in [0.2, 0.25) is 0 Å². The quantitative estimate of drug-likeness (QED) is 0.105. The van der Waals surface area contributed by atoms with E-state index in [0.29, 0.717) is 19.3 Å². The SMILES string of the molecule is CC[C@H](C)[C@H]1NC(=O)[C@H](CC(C)C)NC(=O)[C@@H](C(C)C)NC(=O)[C@H](CCCN=C(N)N)NC(=O)[C@H](Cc2ccccc2)NC1=O. The second-order valence-electron chi connectivity index (χ2n) is 12.6. The van der Waals surface area contributed by atoms with Gasteiger partial charge in [0.05, 0.1) is 0 Å². The fourth-order valence-corrected chi connectivity index (χ4v) is 5.07. The lowest BCUT2D eigenvalue weighted by Gasteiger charge is -2.29. The highest BCUT2D eigenvalue weighted by Crippen LogP contribution is 2.14. The Morgan fingerprint density at radius 2 is 1.27 bits per heavy atom. The largest absolute Gasteiger partial charge is 0.370 e. The molecule has 1 aromatic carbocycles. The molecular formula is C32H52N8O5. The summed E-state index contributed by atoms with van der Waals surface area (Å²) in [6, 6.07) is 4.14. The van der Waals surface area contributed by atoms with E-state index in [1.165, 1.54) is 0 Å². The van der Waals surface area contributed by atoms with Crippen molar-refractivity contribution < 1.29 is 24.0 Å². The summed E-state index contributed by atoms with van der Waals surface area (Å²) in [4.78, 5) is 72.4. The minimum atomic E-state index is -1.06. The van der Waals surface area contributed by atoms with Crippen LogP contribution < -0.4 is 38.1 Å².